The van der Waals surface area contributed by atoms with Crippen molar-refractivity contribution in [1.29, 1.82) is 0 Å². The molecule has 0 saturated carbocycles. The van der Waals surface area contributed by atoms with E-state index in [2.05, 4.69) is 27.5 Å². The van der Waals surface area contributed by atoms with Crippen molar-refractivity contribution in [3.63, 3.8) is 0 Å². The van der Waals surface area contributed by atoms with Crippen LogP contribution in [0.4, 0.5) is 0 Å². The maximum Gasteiger partial charge on any atom is 0.244 e. The second-order valence-corrected chi connectivity index (χ2v) is 5.01. The van der Waals surface area contributed by atoms with Crippen LogP contribution in [-0.2, 0) is 11.2 Å². The van der Waals surface area contributed by atoms with E-state index in [1.807, 2.05) is 25.1 Å². The maximum atomic E-state index is 12.1. The minimum atomic E-state index is 0. The summed E-state index contributed by atoms with van der Waals surface area (Å²) in [6.07, 6.45) is 3.53. The molecule has 1 heterocycles. The molecule has 0 radical (unpaired) electrons. The first-order chi connectivity index (χ1) is 10.7. The average Bonchev–Trinajstić information content (AvgIpc) is 2.55. The normalized spacial score (nSPS) is 10.7. The minimum Gasteiger partial charge on any atom is -0.357 e. The van der Waals surface area contributed by atoms with E-state index in [0.717, 1.165) is 31.6 Å². The molecule has 23 heavy (non-hydrogen) atoms. The Labute approximate surface area is 156 Å². The van der Waals surface area contributed by atoms with Gasteiger partial charge >= 0.3 is 0 Å². The van der Waals surface area contributed by atoms with Crippen LogP contribution in [0.5, 0.6) is 0 Å². The smallest absolute Gasteiger partial charge is 0.244 e. The van der Waals surface area contributed by atoms with E-state index in [4.69, 9.17) is 0 Å². The Hall–Kier alpha value is -1.38. The van der Waals surface area contributed by atoms with Crippen molar-refractivity contribution in [2.45, 2.75) is 26.7 Å². The zero-order valence-corrected chi connectivity index (χ0v) is 16.5. The van der Waals surface area contributed by atoms with Gasteiger partial charge in [-0.1, -0.05) is 13.0 Å². The number of halogens is 1. The van der Waals surface area contributed by atoms with Crippen molar-refractivity contribution in [1.82, 2.24) is 20.5 Å². The Morgan fingerprint density at radius 2 is 2.09 bits per heavy atom. The summed E-state index contributed by atoms with van der Waals surface area (Å²) in [5.41, 5.74) is 0.989. The molecule has 6 nitrogen and oxygen atoms in total. The van der Waals surface area contributed by atoms with E-state index in [0.29, 0.717) is 12.5 Å². The number of carbonyl (C=O) groups is 1. The Kier molecular flexibility index (Phi) is 12.3. The van der Waals surface area contributed by atoms with Gasteiger partial charge in [-0.25, -0.2) is 4.99 Å². The first kappa shape index (κ1) is 21.6. The maximum absolute atomic E-state index is 12.1. The zero-order valence-electron chi connectivity index (χ0n) is 14.2. The van der Waals surface area contributed by atoms with Gasteiger partial charge in [-0.05, 0) is 25.5 Å². The van der Waals surface area contributed by atoms with Crippen molar-refractivity contribution in [2.75, 3.05) is 33.2 Å². The van der Waals surface area contributed by atoms with Crippen molar-refractivity contribution >= 4 is 35.8 Å². The molecule has 0 saturated heterocycles. The van der Waals surface area contributed by atoms with E-state index in [1.165, 1.54) is 0 Å². The van der Waals surface area contributed by atoms with Crippen LogP contribution in [0.3, 0.4) is 0 Å². The van der Waals surface area contributed by atoms with Gasteiger partial charge in [0.05, 0.1) is 0 Å². The lowest BCUT2D eigenvalue weighted by Gasteiger charge is -2.16. The molecule has 0 atom stereocenters. The van der Waals surface area contributed by atoms with Crippen LogP contribution in [0, 0.1) is 0 Å². The molecule has 0 aliphatic rings. The number of hydrogen-bond acceptors (Lipinski definition) is 3. The highest BCUT2D eigenvalue weighted by atomic mass is 127. The van der Waals surface area contributed by atoms with E-state index in [-0.39, 0.29) is 36.4 Å². The number of pyridine rings is 1. The molecule has 0 aromatic carbocycles. The van der Waals surface area contributed by atoms with Gasteiger partial charge in [0.1, 0.15) is 6.54 Å². The third kappa shape index (κ3) is 9.37. The molecule has 0 aliphatic carbocycles. The number of nitrogens with zero attached hydrogens (tertiary/aromatic N) is 3. The van der Waals surface area contributed by atoms with Gasteiger partial charge in [0, 0.05) is 45.0 Å². The van der Waals surface area contributed by atoms with Crippen molar-refractivity contribution in [2.24, 2.45) is 4.99 Å². The minimum absolute atomic E-state index is 0. The fourth-order valence-electron chi connectivity index (χ4n) is 1.81. The predicted octanol–water partition coefficient (Wildman–Crippen LogP) is 1.67. The summed E-state index contributed by atoms with van der Waals surface area (Å²) in [6, 6.07) is 5.81. The number of aliphatic imine (C=N–C) groups is 1. The molecule has 1 amide bonds. The average molecular weight is 433 g/mol. The molecule has 1 aromatic rings. The lowest BCUT2D eigenvalue weighted by atomic mass is 10.2. The predicted molar refractivity (Wildman–Crippen MR) is 105 cm³/mol. The summed E-state index contributed by atoms with van der Waals surface area (Å²) in [7, 11) is 1.80. The molecule has 0 spiro atoms. The fourth-order valence-corrected chi connectivity index (χ4v) is 1.81. The quantitative estimate of drug-likeness (QED) is 0.372. The molecule has 0 unspecified atom stereocenters. The summed E-state index contributed by atoms with van der Waals surface area (Å²) >= 11 is 0. The largest absolute Gasteiger partial charge is 0.357 e. The Morgan fingerprint density at radius 3 is 2.70 bits per heavy atom. The third-order valence-electron chi connectivity index (χ3n) is 3.11. The number of carbonyl (C=O) groups excluding carboxylic acids is 1. The summed E-state index contributed by atoms with van der Waals surface area (Å²) in [5, 5.41) is 6.31. The number of amides is 1. The van der Waals surface area contributed by atoms with E-state index >= 15 is 0 Å². The van der Waals surface area contributed by atoms with Gasteiger partial charge < -0.3 is 15.5 Å². The SMILES string of the molecule is CCCNC(=NCC(=O)N(C)CCc1ccccn1)NCC.I. The van der Waals surface area contributed by atoms with E-state index < -0.39 is 0 Å². The molecule has 1 aromatic heterocycles. The standard InChI is InChI=1S/C16H27N5O.HI/c1-4-10-19-16(17-5-2)20-13-15(22)21(3)12-9-14-8-6-7-11-18-14;/h6-8,11H,4-5,9-10,12-13H2,1-3H3,(H2,17,19,20);1H. The summed E-state index contributed by atoms with van der Waals surface area (Å²) in [5.74, 6) is 0.695. The molecule has 0 bridgehead atoms. The first-order valence-electron chi connectivity index (χ1n) is 7.83. The summed E-state index contributed by atoms with van der Waals surface area (Å²) in [4.78, 5) is 22.4. The van der Waals surface area contributed by atoms with Gasteiger partial charge in [-0.2, -0.15) is 0 Å². The molecule has 2 N–H and O–H groups in total. The van der Waals surface area contributed by atoms with Crippen LogP contribution in [0.2, 0.25) is 0 Å². The van der Waals surface area contributed by atoms with Crippen LogP contribution >= 0.6 is 24.0 Å². The molecule has 0 aliphatic heterocycles. The number of rotatable bonds is 8. The van der Waals surface area contributed by atoms with E-state index in [9.17, 15) is 4.79 Å². The van der Waals surface area contributed by atoms with Crippen LogP contribution in [0.25, 0.3) is 0 Å². The molecular weight excluding hydrogens is 405 g/mol. The van der Waals surface area contributed by atoms with E-state index in [1.54, 1.807) is 18.1 Å². The highest BCUT2D eigenvalue weighted by Gasteiger charge is 2.08. The van der Waals surface area contributed by atoms with Crippen LogP contribution in [-0.4, -0.2) is 55.0 Å². The summed E-state index contributed by atoms with van der Waals surface area (Å²) < 4.78 is 0. The lowest BCUT2D eigenvalue weighted by Crippen LogP contribution is -2.39. The van der Waals surface area contributed by atoms with Crippen molar-refractivity contribution in [3.8, 4) is 0 Å². The van der Waals surface area contributed by atoms with Crippen molar-refractivity contribution in [3.05, 3.63) is 30.1 Å². The van der Waals surface area contributed by atoms with Crippen LogP contribution in [0.15, 0.2) is 29.4 Å². The highest BCUT2D eigenvalue weighted by molar-refractivity contribution is 14.0. The monoisotopic (exact) mass is 433 g/mol. The molecule has 1 rings (SSSR count). The van der Waals surface area contributed by atoms with Gasteiger partial charge in [-0.15, -0.1) is 24.0 Å². The topological polar surface area (TPSA) is 69.6 Å². The molecule has 130 valence electrons. The molecule has 0 fully saturated rings. The van der Waals surface area contributed by atoms with Gasteiger partial charge in [-0.3, -0.25) is 9.78 Å². The number of aromatic nitrogens is 1. The van der Waals surface area contributed by atoms with Gasteiger partial charge in [0.15, 0.2) is 5.96 Å². The van der Waals surface area contributed by atoms with Crippen LogP contribution in [0.1, 0.15) is 26.0 Å². The fraction of sp³-hybridized carbons (Fsp3) is 0.562. The number of hydrogen-bond donors (Lipinski definition) is 2. The second-order valence-electron chi connectivity index (χ2n) is 5.01. The second kappa shape index (κ2) is 13.1. The summed E-state index contributed by atoms with van der Waals surface area (Å²) in [6.45, 7) is 6.51. The van der Waals surface area contributed by atoms with Crippen LogP contribution < -0.4 is 10.6 Å². The Morgan fingerprint density at radius 1 is 1.30 bits per heavy atom. The number of likely N-dealkylation sites (N-methyl/N-ethyl adjacent to an activating group) is 1. The molecule has 7 heteroatoms. The van der Waals surface area contributed by atoms with Crippen molar-refractivity contribution < 1.29 is 4.79 Å². The lowest BCUT2D eigenvalue weighted by molar-refractivity contribution is -0.128. The number of nitrogens with one attached hydrogen (secondary N) is 2. The Bertz CT molecular complexity index is 467. The Balaban J connectivity index is 0.00000484. The third-order valence-corrected chi connectivity index (χ3v) is 3.11. The molecular formula is C16H28IN5O. The zero-order chi connectivity index (χ0) is 16.2. The number of guanidine groups is 1. The highest BCUT2D eigenvalue weighted by Crippen LogP contribution is 1.97. The van der Waals surface area contributed by atoms with Gasteiger partial charge in [0.25, 0.3) is 0 Å². The van der Waals surface area contributed by atoms with Gasteiger partial charge in [0.2, 0.25) is 5.91 Å². The first-order valence-corrected chi connectivity index (χ1v) is 7.83.